The van der Waals surface area contributed by atoms with Gasteiger partial charge in [-0.15, -0.1) is 0 Å². The average molecular weight is 135 g/mol. The van der Waals surface area contributed by atoms with Crippen molar-refractivity contribution < 1.29 is 4.79 Å². The predicted molar refractivity (Wildman–Crippen MR) is 41.0 cm³/mol. The van der Waals surface area contributed by atoms with Gasteiger partial charge in [-0.1, -0.05) is 6.58 Å². The van der Waals surface area contributed by atoms with Crippen LogP contribution in [-0.2, 0) is 4.79 Å². The van der Waals surface area contributed by atoms with Crippen molar-refractivity contribution in [2.45, 2.75) is 13.3 Å². The van der Waals surface area contributed by atoms with Crippen LogP contribution in [0.5, 0.6) is 0 Å². The third-order valence-corrected chi connectivity index (χ3v) is 1.41. The molecular formula is C8H9NO. The number of rotatable bonds is 1. The van der Waals surface area contributed by atoms with Crippen molar-refractivity contribution >= 4 is 12.0 Å². The van der Waals surface area contributed by atoms with E-state index in [1.165, 1.54) is 6.92 Å². The van der Waals surface area contributed by atoms with Crippen LogP contribution in [0.25, 0.3) is 0 Å². The van der Waals surface area contributed by atoms with Crippen LogP contribution in [0.15, 0.2) is 28.9 Å². The molecule has 52 valence electrons. The SMILES string of the molecule is C=C1CC=NC=C1C(C)=O. The van der Waals surface area contributed by atoms with Crippen LogP contribution in [0.4, 0.5) is 0 Å². The van der Waals surface area contributed by atoms with E-state index < -0.39 is 0 Å². The molecular weight excluding hydrogens is 126 g/mol. The number of nitrogens with zero attached hydrogens (tertiary/aromatic N) is 1. The van der Waals surface area contributed by atoms with Crippen LogP contribution in [0.2, 0.25) is 0 Å². The second-order valence-corrected chi connectivity index (χ2v) is 2.24. The highest BCUT2D eigenvalue weighted by atomic mass is 16.1. The fourth-order valence-corrected chi connectivity index (χ4v) is 0.831. The third-order valence-electron chi connectivity index (χ3n) is 1.41. The topological polar surface area (TPSA) is 29.4 Å². The first kappa shape index (κ1) is 6.93. The van der Waals surface area contributed by atoms with Gasteiger partial charge in [0.25, 0.3) is 0 Å². The largest absolute Gasteiger partial charge is 0.294 e. The summed E-state index contributed by atoms with van der Waals surface area (Å²) >= 11 is 0. The monoisotopic (exact) mass is 135 g/mol. The Hall–Kier alpha value is -1.18. The van der Waals surface area contributed by atoms with Crippen LogP contribution in [-0.4, -0.2) is 12.0 Å². The van der Waals surface area contributed by atoms with Gasteiger partial charge in [0, 0.05) is 24.4 Å². The smallest absolute Gasteiger partial charge is 0.161 e. The van der Waals surface area contributed by atoms with Gasteiger partial charge < -0.3 is 0 Å². The summed E-state index contributed by atoms with van der Waals surface area (Å²) in [5.41, 5.74) is 1.52. The second-order valence-electron chi connectivity index (χ2n) is 2.24. The molecule has 0 amide bonds. The van der Waals surface area contributed by atoms with Crippen LogP contribution < -0.4 is 0 Å². The number of carbonyl (C=O) groups is 1. The van der Waals surface area contributed by atoms with Gasteiger partial charge in [0.05, 0.1) is 0 Å². The van der Waals surface area contributed by atoms with Gasteiger partial charge in [-0.25, -0.2) is 0 Å². The molecule has 10 heavy (non-hydrogen) atoms. The lowest BCUT2D eigenvalue weighted by atomic mass is 10.0. The zero-order valence-corrected chi connectivity index (χ0v) is 5.92. The molecule has 0 aromatic rings. The van der Waals surface area contributed by atoms with E-state index >= 15 is 0 Å². The Kier molecular flexibility index (Phi) is 1.81. The van der Waals surface area contributed by atoms with E-state index in [0.717, 1.165) is 5.57 Å². The summed E-state index contributed by atoms with van der Waals surface area (Å²) in [5, 5.41) is 0. The summed E-state index contributed by atoms with van der Waals surface area (Å²) in [7, 11) is 0. The zero-order chi connectivity index (χ0) is 7.56. The Bertz CT molecular complexity index is 236. The van der Waals surface area contributed by atoms with E-state index in [9.17, 15) is 4.79 Å². The molecule has 2 nitrogen and oxygen atoms in total. The third kappa shape index (κ3) is 1.21. The fraction of sp³-hybridized carbons (Fsp3) is 0.250. The molecule has 0 N–H and O–H groups in total. The molecule has 0 aliphatic carbocycles. The van der Waals surface area contributed by atoms with Gasteiger partial charge >= 0.3 is 0 Å². The van der Waals surface area contributed by atoms with Gasteiger partial charge in [0.15, 0.2) is 5.78 Å². The number of hydrogen-bond donors (Lipinski definition) is 0. The van der Waals surface area contributed by atoms with E-state index in [4.69, 9.17) is 0 Å². The Labute approximate surface area is 60.0 Å². The van der Waals surface area contributed by atoms with Crippen LogP contribution in [0.3, 0.4) is 0 Å². The molecule has 0 aromatic heterocycles. The number of hydrogen-bond acceptors (Lipinski definition) is 2. The van der Waals surface area contributed by atoms with Gasteiger partial charge in [0.1, 0.15) is 0 Å². The minimum Gasteiger partial charge on any atom is -0.294 e. The molecule has 1 aliphatic rings. The molecule has 0 spiro atoms. The number of ketones is 1. The standard InChI is InChI=1S/C8H9NO/c1-6-3-4-9-5-8(6)7(2)10/h4-5H,1,3H2,2H3. The molecule has 1 aliphatic heterocycles. The maximum atomic E-state index is 10.8. The summed E-state index contributed by atoms with van der Waals surface area (Å²) in [5.74, 6) is 0.0434. The minimum absolute atomic E-state index is 0.0434. The van der Waals surface area contributed by atoms with Gasteiger partial charge in [-0.2, -0.15) is 0 Å². The molecule has 0 bridgehead atoms. The summed E-state index contributed by atoms with van der Waals surface area (Å²) in [6, 6.07) is 0. The Balaban J connectivity index is 2.91. The summed E-state index contributed by atoms with van der Waals surface area (Å²) < 4.78 is 0. The highest BCUT2D eigenvalue weighted by molar-refractivity contribution is 5.99. The fourth-order valence-electron chi connectivity index (χ4n) is 0.831. The lowest BCUT2D eigenvalue weighted by Gasteiger charge is -2.06. The van der Waals surface area contributed by atoms with E-state index in [0.29, 0.717) is 12.0 Å². The Morgan fingerprint density at radius 3 is 2.90 bits per heavy atom. The molecule has 0 unspecified atom stereocenters. The highest BCUT2D eigenvalue weighted by Gasteiger charge is 2.08. The molecule has 1 rings (SSSR count). The average Bonchev–Trinajstić information content (AvgIpc) is 1.88. The Morgan fingerprint density at radius 2 is 2.50 bits per heavy atom. The van der Waals surface area contributed by atoms with E-state index in [1.54, 1.807) is 12.4 Å². The van der Waals surface area contributed by atoms with E-state index in [2.05, 4.69) is 11.6 Å². The van der Waals surface area contributed by atoms with Gasteiger partial charge in [-0.05, 0) is 12.5 Å². The van der Waals surface area contributed by atoms with Crippen LogP contribution in [0.1, 0.15) is 13.3 Å². The van der Waals surface area contributed by atoms with Crippen molar-refractivity contribution in [1.29, 1.82) is 0 Å². The summed E-state index contributed by atoms with van der Waals surface area (Å²) in [6.07, 6.45) is 4.01. The maximum absolute atomic E-state index is 10.8. The number of carbonyl (C=O) groups excluding carboxylic acids is 1. The molecule has 0 atom stereocenters. The van der Waals surface area contributed by atoms with E-state index in [-0.39, 0.29) is 5.78 Å². The molecule has 0 saturated heterocycles. The zero-order valence-electron chi connectivity index (χ0n) is 5.92. The van der Waals surface area contributed by atoms with E-state index in [1.807, 2.05) is 0 Å². The minimum atomic E-state index is 0.0434. The second kappa shape index (κ2) is 2.60. The van der Waals surface area contributed by atoms with Crippen LogP contribution >= 0.6 is 0 Å². The number of allylic oxidation sites excluding steroid dienone is 2. The first-order valence-corrected chi connectivity index (χ1v) is 3.12. The van der Waals surface area contributed by atoms with Crippen molar-refractivity contribution in [3.8, 4) is 0 Å². The van der Waals surface area contributed by atoms with Crippen molar-refractivity contribution in [1.82, 2.24) is 0 Å². The van der Waals surface area contributed by atoms with Crippen LogP contribution in [0, 0.1) is 0 Å². The maximum Gasteiger partial charge on any atom is 0.161 e. The van der Waals surface area contributed by atoms with Crippen molar-refractivity contribution in [3.63, 3.8) is 0 Å². The summed E-state index contributed by atoms with van der Waals surface area (Å²) in [4.78, 5) is 14.7. The first-order chi connectivity index (χ1) is 4.72. The molecule has 2 heteroatoms. The summed E-state index contributed by atoms with van der Waals surface area (Å²) in [6.45, 7) is 5.26. The van der Waals surface area contributed by atoms with Crippen molar-refractivity contribution in [2.24, 2.45) is 4.99 Å². The number of Topliss-reactive ketones (excluding diaryl/α,β-unsaturated/α-hetero) is 1. The normalized spacial score (nSPS) is 16.9. The number of aliphatic imine (C=N–C) groups is 1. The molecule has 0 fully saturated rings. The molecule has 0 saturated carbocycles. The van der Waals surface area contributed by atoms with Gasteiger partial charge in [0.2, 0.25) is 0 Å². The van der Waals surface area contributed by atoms with Gasteiger partial charge in [-0.3, -0.25) is 9.79 Å². The molecule has 0 aromatic carbocycles. The Morgan fingerprint density at radius 1 is 1.80 bits per heavy atom. The van der Waals surface area contributed by atoms with Crippen molar-refractivity contribution in [2.75, 3.05) is 0 Å². The quantitative estimate of drug-likeness (QED) is 0.535. The molecule has 1 heterocycles. The molecule has 0 radical (unpaired) electrons. The van der Waals surface area contributed by atoms with Crippen molar-refractivity contribution in [3.05, 3.63) is 23.9 Å². The lowest BCUT2D eigenvalue weighted by molar-refractivity contribution is -0.113. The first-order valence-electron chi connectivity index (χ1n) is 3.12. The predicted octanol–water partition coefficient (Wildman–Crippen LogP) is 1.49. The highest BCUT2D eigenvalue weighted by Crippen LogP contribution is 2.15. The lowest BCUT2D eigenvalue weighted by Crippen LogP contribution is -2.02.